The Kier molecular flexibility index (Phi) is 3.65. The molecule has 1 aromatic carbocycles. The van der Waals surface area contributed by atoms with Gasteiger partial charge in [-0.1, -0.05) is 12.1 Å². The van der Waals surface area contributed by atoms with Crippen molar-refractivity contribution < 1.29 is 19.7 Å². The minimum Gasteiger partial charge on any atom is -0.497 e. The molecule has 82 valence electrons. The summed E-state index contributed by atoms with van der Waals surface area (Å²) < 4.78 is 4.95. The van der Waals surface area contributed by atoms with Crippen LogP contribution in [0.3, 0.4) is 0 Å². The summed E-state index contributed by atoms with van der Waals surface area (Å²) in [5, 5.41) is 18.2. The normalized spacial score (nSPS) is 14.3. The molecule has 0 amide bonds. The maximum atomic E-state index is 10.6. The van der Waals surface area contributed by atoms with Crippen LogP contribution in [0.1, 0.15) is 11.7 Å². The minimum atomic E-state index is -1.34. The second-order valence-corrected chi connectivity index (χ2v) is 3.09. The third kappa shape index (κ3) is 2.68. The zero-order valence-electron chi connectivity index (χ0n) is 8.25. The van der Waals surface area contributed by atoms with E-state index in [1.165, 1.54) is 7.11 Å². The zero-order chi connectivity index (χ0) is 11.4. The van der Waals surface area contributed by atoms with E-state index in [0.717, 1.165) is 0 Å². The van der Waals surface area contributed by atoms with Crippen molar-refractivity contribution in [3.63, 3.8) is 0 Å². The van der Waals surface area contributed by atoms with Crippen LogP contribution in [0.15, 0.2) is 24.3 Å². The number of aliphatic hydroxyl groups is 1. The Hall–Kier alpha value is -1.59. The molecular weight excluding hydrogens is 198 g/mol. The zero-order valence-corrected chi connectivity index (χ0v) is 8.25. The van der Waals surface area contributed by atoms with Crippen LogP contribution in [0.2, 0.25) is 0 Å². The van der Waals surface area contributed by atoms with Crippen molar-refractivity contribution in [1.82, 2.24) is 0 Å². The molecule has 0 radical (unpaired) electrons. The number of benzene rings is 1. The first-order valence-corrected chi connectivity index (χ1v) is 4.36. The van der Waals surface area contributed by atoms with Gasteiger partial charge in [0, 0.05) is 0 Å². The van der Waals surface area contributed by atoms with Gasteiger partial charge in [-0.15, -0.1) is 0 Å². The molecule has 0 fully saturated rings. The van der Waals surface area contributed by atoms with Crippen LogP contribution in [0.4, 0.5) is 0 Å². The first kappa shape index (κ1) is 11.5. The van der Waals surface area contributed by atoms with Gasteiger partial charge in [0.15, 0.2) is 0 Å². The average molecular weight is 211 g/mol. The van der Waals surface area contributed by atoms with Gasteiger partial charge >= 0.3 is 5.97 Å². The van der Waals surface area contributed by atoms with E-state index in [-0.39, 0.29) is 0 Å². The molecule has 0 bridgehead atoms. The monoisotopic (exact) mass is 211 g/mol. The van der Waals surface area contributed by atoms with Crippen molar-refractivity contribution in [2.45, 2.75) is 12.1 Å². The van der Waals surface area contributed by atoms with Gasteiger partial charge in [-0.25, -0.2) is 0 Å². The highest BCUT2D eigenvalue weighted by Gasteiger charge is 2.23. The third-order valence-corrected chi connectivity index (χ3v) is 2.06. The number of carbonyl (C=O) groups is 1. The number of rotatable bonds is 4. The molecule has 0 spiro atoms. The van der Waals surface area contributed by atoms with Crippen molar-refractivity contribution in [3.8, 4) is 5.75 Å². The number of carboxylic acid groups (broad SMARTS) is 1. The van der Waals surface area contributed by atoms with Crippen LogP contribution >= 0.6 is 0 Å². The van der Waals surface area contributed by atoms with Crippen LogP contribution in [-0.2, 0) is 4.79 Å². The fourth-order valence-corrected chi connectivity index (χ4v) is 1.17. The highest BCUT2D eigenvalue weighted by atomic mass is 16.5. The van der Waals surface area contributed by atoms with Gasteiger partial charge in [0.2, 0.25) is 0 Å². The van der Waals surface area contributed by atoms with Crippen LogP contribution in [-0.4, -0.2) is 29.3 Å². The van der Waals surface area contributed by atoms with Gasteiger partial charge in [0.25, 0.3) is 0 Å². The Labute approximate surface area is 87.1 Å². The van der Waals surface area contributed by atoms with Crippen molar-refractivity contribution in [3.05, 3.63) is 29.8 Å². The molecule has 0 saturated carbocycles. The number of hydrogen-bond donors (Lipinski definition) is 3. The maximum absolute atomic E-state index is 10.6. The van der Waals surface area contributed by atoms with Gasteiger partial charge in [0.1, 0.15) is 17.9 Å². The minimum absolute atomic E-state index is 0.421. The molecule has 0 aliphatic heterocycles. The Morgan fingerprint density at radius 1 is 1.53 bits per heavy atom. The summed E-state index contributed by atoms with van der Waals surface area (Å²) >= 11 is 0. The average Bonchev–Trinajstić information content (AvgIpc) is 2.27. The number of aliphatic hydroxyl groups excluding tert-OH is 1. The molecule has 15 heavy (non-hydrogen) atoms. The maximum Gasteiger partial charge on any atom is 0.323 e. The molecule has 5 nitrogen and oxygen atoms in total. The first-order valence-electron chi connectivity index (χ1n) is 4.36. The van der Waals surface area contributed by atoms with Gasteiger partial charge in [-0.3, -0.25) is 4.79 Å². The number of aliphatic carboxylic acids is 1. The van der Waals surface area contributed by atoms with Crippen molar-refractivity contribution in [1.29, 1.82) is 0 Å². The number of hydrogen-bond acceptors (Lipinski definition) is 4. The van der Waals surface area contributed by atoms with Gasteiger partial charge in [-0.05, 0) is 17.7 Å². The Morgan fingerprint density at radius 2 is 2.20 bits per heavy atom. The predicted molar refractivity (Wildman–Crippen MR) is 53.6 cm³/mol. The Bertz CT molecular complexity index is 353. The molecule has 5 heteroatoms. The standard InChI is InChI=1S/C10H13NO4/c1-15-7-4-2-3-6(5-7)9(12)8(11)10(13)14/h2-5,8-9,12H,11H2,1H3,(H,13,14). The summed E-state index contributed by atoms with van der Waals surface area (Å²) in [6.45, 7) is 0. The smallest absolute Gasteiger partial charge is 0.323 e. The fourth-order valence-electron chi connectivity index (χ4n) is 1.17. The predicted octanol–water partition coefficient (Wildman–Crippen LogP) is 0.140. The van der Waals surface area contributed by atoms with Gasteiger partial charge in [-0.2, -0.15) is 0 Å². The van der Waals surface area contributed by atoms with Crippen molar-refractivity contribution in [2.24, 2.45) is 5.73 Å². The highest BCUT2D eigenvalue weighted by molar-refractivity contribution is 5.74. The molecule has 2 unspecified atom stereocenters. The van der Waals surface area contributed by atoms with E-state index in [0.29, 0.717) is 11.3 Å². The molecular formula is C10H13NO4. The topological polar surface area (TPSA) is 92.8 Å². The number of carboxylic acids is 1. The van der Waals surface area contributed by atoms with Crippen LogP contribution in [0.5, 0.6) is 5.75 Å². The van der Waals surface area contributed by atoms with Crippen molar-refractivity contribution >= 4 is 5.97 Å². The largest absolute Gasteiger partial charge is 0.497 e. The molecule has 0 heterocycles. The lowest BCUT2D eigenvalue weighted by atomic mass is 10.0. The summed E-state index contributed by atoms with van der Waals surface area (Å²) in [4.78, 5) is 10.6. The van der Waals surface area contributed by atoms with Crippen LogP contribution in [0.25, 0.3) is 0 Å². The van der Waals surface area contributed by atoms with E-state index in [1.54, 1.807) is 24.3 Å². The van der Waals surface area contributed by atoms with Crippen LogP contribution < -0.4 is 10.5 Å². The molecule has 0 aromatic heterocycles. The summed E-state index contributed by atoms with van der Waals surface area (Å²) in [6, 6.07) is 5.16. The summed E-state index contributed by atoms with van der Waals surface area (Å²) in [5.41, 5.74) is 5.71. The molecule has 1 rings (SSSR count). The molecule has 0 aliphatic carbocycles. The quantitative estimate of drug-likeness (QED) is 0.658. The van der Waals surface area contributed by atoms with Crippen LogP contribution in [0, 0.1) is 0 Å². The molecule has 4 N–H and O–H groups in total. The van der Waals surface area contributed by atoms with E-state index in [9.17, 15) is 9.90 Å². The number of ether oxygens (including phenoxy) is 1. The summed E-state index contributed by atoms with van der Waals surface area (Å²) in [5.74, 6) is -0.700. The van der Waals surface area contributed by atoms with Gasteiger partial charge in [0.05, 0.1) is 7.11 Å². The van der Waals surface area contributed by atoms with E-state index < -0.39 is 18.1 Å². The molecule has 0 saturated heterocycles. The molecule has 2 atom stereocenters. The van der Waals surface area contributed by atoms with E-state index in [4.69, 9.17) is 15.6 Å². The summed E-state index contributed by atoms with van der Waals surface area (Å²) in [6.07, 6.45) is -1.24. The number of nitrogens with two attached hydrogens (primary N) is 1. The third-order valence-electron chi connectivity index (χ3n) is 2.06. The highest BCUT2D eigenvalue weighted by Crippen LogP contribution is 2.20. The fraction of sp³-hybridized carbons (Fsp3) is 0.300. The van der Waals surface area contributed by atoms with E-state index >= 15 is 0 Å². The number of methoxy groups -OCH3 is 1. The second-order valence-electron chi connectivity index (χ2n) is 3.09. The van der Waals surface area contributed by atoms with Gasteiger partial charge < -0.3 is 20.7 Å². The van der Waals surface area contributed by atoms with E-state index in [2.05, 4.69) is 0 Å². The molecule has 0 aliphatic rings. The summed E-state index contributed by atoms with van der Waals surface area (Å²) in [7, 11) is 1.49. The Morgan fingerprint density at radius 3 is 2.73 bits per heavy atom. The lowest BCUT2D eigenvalue weighted by Crippen LogP contribution is -2.36. The van der Waals surface area contributed by atoms with Crippen molar-refractivity contribution in [2.75, 3.05) is 7.11 Å². The lowest BCUT2D eigenvalue weighted by molar-refractivity contribution is -0.141. The lowest BCUT2D eigenvalue weighted by Gasteiger charge is -2.15. The SMILES string of the molecule is COc1cccc(C(O)C(N)C(=O)O)c1. The second kappa shape index (κ2) is 4.77. The van der Waals surface area contributed by atoms with E-state index in [1.807, 2.05) is 0 Å². The molecule has 1 aromatic rings. The Balaban J connectivity index is 2.90. The first-order chi connectivity index (χ1) is 7.06.